The van der Waals surface area contributed by atoms with Crippen LogP contribution in [-0.2, 0) is 11.3 Å². The maximum absolute atomic E-state index is 5.73. The number of pyridine rings is 1. The molecule has 4 heteroatoms. The number of ether oxygens (including phenoxy) is 1. The van der Waals surface area contributed by atoms with Gasteiger partial charge in [-0.15, -0.1) is 0 Å². The Bertz CT molecular complexity index is 408. The molecular weight excluding hydrogens is 226 g/mol. The second-order valence-electron chi connectivity index (χ2n) is 5.05. The van der Waals surface area contributed by atoms with Crippen LogP contribution in [-0.4, -0.2) is 30.3 Å². The van der Waals surface area contributed by atoms with E-state index in [0.29, 0.717) is 12.6 Å². The minimum Gasteiger partial charge on any atom is -0.375 e. The molecule has 0 amide bonds. The third-order valence-electron chi connectivity index (χ3n) is 3.55. The van der Waals surface area contributed by atoms with Crippen LogP contribution in [0.2, 0.25) is 0 Å². The molecule has 0 aliphatic carbocycles. The Morgan fingerprint density at radius 3 is 2.94 bits per heavy atom. The number of morpholine rings is 1. The van der Waals surface area contributed by atoms with Crippen LogP contribution in [0.15, 0.2) is 12.3 Å². The lowest BCUT2D eigenvalue weighted by molar-refractivity contribution is 0.0296. The van der Waals surface area contributed by atoms with Crippen molar-refractivity contribution in [2.45, 2.75) is 45.9 Å². The third kappa shape index (κ3) is 2.65. The van der Waals surface area contributed by atoms with E-state index in [1.54, 1.807) is 0 Å². The van der Waals surface area contributed by atoms with Crippen LogP contribution in [0.3, 0.4) is 0 Å². The van der Waals surface area contributed by atoms with E-state index in [2.05, 4.69) is 36.7 Å². The Kier molecular flexibility index (Phi) is 4.19. The normalized spacial score (nSPS) is 24.3. The van der Waals surface area contributed by atoms with Crippen LogP contribution in [0.4, 0.5) is 5.82 Å². The highest BCUT2D eigenvalue weighted by atomic mass is 16.5. The molecule has 18 heavy (non-hydrogen) atoms. The Hall–Kier alpha value is -1.13. The molecule has 4 nitrogen and oxygen atoms in total. The molecule has 2 unspecified atom stereocenters. The number of anilines is 1. The zero-order valence-corrected chi connectivity index (χ0v) is 11.5. The van der Waals surface area contributed by atoms with Crippen molar-refractivity contribution in [3.63, 3.8) is 0 Å². The highest BCUT2D eigenvalue weighted by Crippen LogP contribution is 2.25. The summed E-state index contributed by atoms with van der Waals surface area (Å²) in [5.41, 5.74) is 7.94. The summed E-state index contributed by atoms with van der Waals surface area (Å²) in [5, 5.41) is 0. The number of nitrogens with zero attached hydrogens (tertiary/aromatic N) is 2. The smallest absolute Gasteiger partial charge is 0.131 e. The summed E-state index contributed by atoms with van der Waals surface area (Å²) in [4.78, 5) is 6.97. The first kappa shape index (κ1) is 13.3. The molecule has 1 fully saturated rings. The minimum atomic E-state index is 0.267. The van der Waals surface area contributed by atoms with Crippen molar-refractivity contribution in [1.29, 1.82) is 0 Å². The maximum atomic E-state index is 5.73. The van der Waals surface area contributed by atoms with Gasteiger partial charge >= 0.3 is 0 Å². The predicted octanol–water partition coefficient (Wildman–Crippen LogP) is 1.85. The van der Waals surface area contributed by atoms with Crippen molar-refractivity contribution in [3.8, 4) is 0 Å². The first-order chi connectivity index (χ1) is 8.65. The standard InChI is InChI=1S/C14H23N3O/c1-4-13-9-18-11(3)8-17(13)14-10(2)5-12(6-15)7-16-14/h5,7,11,13H,4,6,8-9,15H2,1-3H3. The summed E-state index contributed by atoms with van der Waals surface area (Å²) in [7, 11) is 0. The minimum absolute atomic E-state index is 0.267. The number of hydrogen-bond donors (Lipinski definition) is 1. The molecular formula is C14H23N3O. The predicted molar refractivity (Wildman–Crippen MR) is 73.7 cm³/mol. The van der Waals surface area contributed by atoms with E-state index in [4.69, 9.17) is 10.5 Å². The molecule has 0 radical (unpaired) electrons. The first-order valence-electron chi connectivity index (χ1n) is 6.69. The van der Waals surface area contributed by atoms with E-state index < -0.39 is 0 Å². The van der Waals surface area contributed by atoms with Crippen molar-refractivity contribution in [3.05, 3.63) is 23.4 Å². The van der Waals surface area contributed by atoms with E-state index in [-0.39, 0.29) is 6.10 Å². The van der Waals surface area contributed by atoms with Gasteiger partial charge in [0.2, 0.25) is 0 Å². The van der Waals surface area contributed by atoms with E-state index in [1.165, 1.54) is 5.56 Å². The van der Waals surface area contributed by atoms with Crippen LogP contribution in [0, 0.1) is 6.92 Å². The van der Waals surface area contributed by atoms with Gasteiger partial charge in [0, 0.05) is 19.3 Å². The zero-order chi connectivity index (χ0) is 13.1. The molecule has 1 aromatic rings. The molecule has 2 heterocycles. The summed E-state index contributed by atoms with van der Waals surface area (Å²) in [6.45, 7) is 8.66. The first-order valence-corrected chi connectivity index (χ1v) is 6.69. The molecule has 2 atom stereocenters. The van der Waals surface area contributed by atoms with Gasteiger partial charge in [-0.3, -0.25) is 0 Å². The fourth-order valence-corrected chi connectivity index (χ4v) is 2.48. The Balaban J connectivity index is 2.27. The average Bonchev–Trinajstić information content (AvgIpc) is 2.38. The monoisotopic (exact) mass is 249 g/mol. The zero-order valence-electron chi connectivity index (χ0n) is 11.5. The Labute approximate surface area is 109 Å². The van der Waals surface area contributed by atoms with Crippen LogP contribution >= 0.6 is 0 Å². The summed E-state index contributed by atoms with van der Waals surface area (Å²) in [5.74, 6) is 1.08. The van der Waals surface area contributed by atoms with E-state index in [9.17, 15) is 0 Å². The summed E-state index contributed by atoms with van der Waals surface area (Å²) >= 11 is 0. The van der Waals surface area contributed by atoms with Gasteiger partial charge in [0.05, 0.1) is 18.8 Å². The Morgan fingerprint density at radius 1 is 1.56 bits per heavy atom. The largest absolute Gasteiger partial charge is 0.375 e. The molecule has 1 aliphatic rings. The summed E-state index contributed by atoms with van der Waals surface area (Å²) in [6, 6.07) is 2.56. The molecule has 1 saturated heterocycles. The van der Waals surface area contributed by atoms with E-state index in [1.807, 2.05) is 6.20 Å². The van der Waals surface area contributed by atoms with Crippen LogP contribution < -0.4 is 10.6 Å². The lowest BCUT2D eigenvalue weighted by Gasteiger charge is -2.39. The van der Waals surface area contributed by atoms with Gasteiger partial charge in [-0.25, -0.2) is 4.98 Å². The van der Waals surface area contributed by atoms with Crippen molar-refractivity contribution < 1.29 is 4.74 Å². The van der Waals surface area contributed by atoms with Gasteiger partial charge in [-0.2, -0.15) is 0 Å². The third-order valence-corrected chi connectivity index (χ3v) is 3.55. The molecule has 1 aromatic heterocycles. The maximum Gasteiger partial charge on any atom is 0.131 e. The van der Waals surface area contributed by atoms with Gasteiger partial charge in [0.15, 0.2) is 0 Å². The molecule has 0 spiro atoms. The highest BCUT2D eigenvalue weighted by molar-refractivity contribution is 5.49. The lowest BCUT2D eigenvalue weighted by Crippen LogP contribution is -2.49. The number of rotatable bonds is 3. The average molecular weight is 249 g/mol. The second kappa shape index (κ2) is 5.67. The van der Waals surface area contributed by atoms with E-state index in [0.717, 1.165) is 31.0 Å². The van der Waals surface area contributed by atoms with Gasteiger partial charge in [0.25, 0.3) is 0 Å². The molecule has 0 saturated carbocycles. The van der Waals surface area contributed by atoms with Crippen LogP contribution in [0.1, 0.15) is 31.4 Å². The van der Waals surface area contributed by atoms with Crippen molar-refractivity contribution in [2.75, 3.05) is 18.1 Å². The van der Waals surface area contributed by atoms with Gasteiger partial charge in [0.1, 0.15) is 5.82 Å². The van der Waals surface area contributed by atoms with Crippen LogP contribution in [0.25, 0.3) is 0 Å². The fraction of sp³-hybridized carbons (Fsp3) is 0.643. The molecule has 2 N–H and O–H groups in total. The molecule has 2 rings (SSSR count). The second-order valence-corrected chi connectivity index (χ2v) is 5.05. The summed E-state index contributed by atoms with van der Waals surface area (Å²) < 4.78 is 5.73. The topological polar surface area (TPSA) is 51.4 Å². The highest BCUT2D eigenvalue weighted by Gasteiger charge is 2.27. The van der Waals surface area contributed by atoms with Gasteiger partial charge in [-0.1, -0.05) is 6.92 Å². The summed E-state index contributed by atoms with van der Waals surface area (Å²) in [6.07, 6.45) is 3.23. The number of aromatic nitrogens is 1. The number of aryl methyl sites for hydroxylation is 1. The van der Waals surface area contributed by atoms with Crippen molar-refractivity contribution >= 4 is 5.82 Å². The van der Waals surface area contributed by atoms with Crippen LogP contribution in [0.5, 0.6) is 0 Å². The molecule has 0 bridgehead atoms. The SMILES string of the molecule is CCC1COC(C)CN1c1ncc(CN)cc1C. The number of nitrogens with two attached hydrogens (primary N) is 1. The lowest BCUT2D eigenvalue weighted by atomic mass is 10.1. The molecule has 100 valence electrons. The van der Waals surface area contributed by atoms with Crippen molar-refractivity contribution in [1.82, 2.24) is 4.98 Å². The molecule has 1 aliphatic heterocycles. The van der Waals surface area contributed by atoms with Crippen molar-refractivity contribution in [2.24, 2.45) is 5.73 Å². The Morgan fingerprint density at radius 2 is 2.33 bits per heavy atom. The van der Waals surface area contributed by atoms with E-state index >= 15 is 0 Å². The van der Waals surface area contributed by atoms with Gasteiger partial charge < -0.3 is 15.4 Å². The quantitative estimate of drug-likeness (QED) is 0.888. The fourth-order valence-electron chi connectivity index (χ4n) is 2.48. The van der Waals surface area contributed by atoms with Gasteiger partial charge in [-0.05, 0) is 37.5 Å². The number of hydrogen-bond acceptors (Lipinski definition) is 4. The molecule has 0 aromatic carbocycles.